The van der Waals surface area contributed by atoms with Gasteiger partial charge in [-0.25, -0.2) is 4.79 Å². The minimum Gasteiger partial charge on any atom is -0.211 e. The average Bonchev–Trinajstić information content (AvgIpc) is 1.96. The van der Waals surface area contributed by atoms with Gasteiger partial charge in [0.25, 0.3) is 0 Å². The van der Waals surface area contributed by atoms with Gasteiger partial charge in [0.05, 0.1) is 5.02 Å². The fourth-order valence-electron chi connectivity index (χ4n) is 0.687. The molecule has 0 aliphatic carbocycles. The van der Waals surface area contributed by atoms with Gasteiger partial charge in [0.15, 0.2) is 0 Å². The zero-order valence-corrected chi connectivity index (χ0v) is 8.74. The Balaban J connectivity index is 3.37. The summed E-state index contributed by atoms with van der Waals surface area (Å²) >= 11 is 14.6. The second-order valence-electron chi connectivity index (χ2n) is 1.92. The molecule has 2 nitrogen and oxygen atoms in total. The highest BCUT2D eigenvalue weighted by Gasteiger charge is 2.05. The third-order valence-electron chi connectivity index (χ3n) is 1.14. The van der Waals surface area contributed by atoms with Crippen LogP contribution in [0.25, 0.3) is 0 Å². The molecule has 12 heavy (non-hydrogen) atoms. The van der Waals surface area contributed by atoms with E-state index >= 15 is 0 Å². The van der Waals surface area contributed by atoms with Crippen molar-refractivity contribution in [2.45, 2.75) is 0 Å². The lowest BCUT2D eigenvalue weighted by molar-refractivity contribution is 0.565. The van der Waals surface area contributed by atoms with Crippen LogP contribution in [0.15, 0.2) is 21.6 Å². The molecule has 0 heterocycles. The van der Waals surface area contributed by atoms with Gasteiger partial charge in [-0.15, -0.1) is 0 Å². The third-order valence-corrected chi connectivity index (χ3v) is 2.25. The second kappa shape index (κ2) is 4.06. The van der Waals surface area contributed by atoms with Crippen LogP contribution in [0.2, 0.25) is 10.0 Å². The summed E-state index contributed by atoms with van der Waals surface area (Å²) in [6, 6.07) is 3.10. The van der Waals surface area contributed by atoms with Gasteiger partial charge >= 0.3 is 0 Å². The normalized spacial score (nSPS) is 9.25. The first-order valence-electron chi connectivity index (χ1n) is 2.87. The summed E-state index contributed by atoms with van der Waals surface area (Å²) in [4.78, 5) is 13.4. The molecule has 5 heteroatoms. The van der Waals surface area contributed by atoms with Crippen molar-refractivity contribution >= 4 is 50.9 Å². The Bertz CT molecular complexity index is 337. The maximum absolute atomic E-state index is 9.96. The number of benzene rings is 1. The molecular formula is C7H2BrCl2NO. The number of hydrogen-bond acceptors (Lipinski definition) is 2. The Labute approximate surface area is 87.3 Å². The number of carbonyl (C=O) groups excluding carboxylic acids is 1. The van der Waals surface area contributed by atoms with E-state index in [9.17, 15) is 4.79 Å². The molecule has 1 aromatic carbocycles. The highest BCUT2D eigenvalue weighted by Crippen LogP contribution is 2.35. The van der Waals surface area contributed by atoms with Crippen molar-refractivity contribution in [1.82, 2.24) is 0 Å². The molecule has 0 atom stereocenters. The molecule has 1 rings (SSSR count). The van der Waals surface area contributed by atoms with E-state index in [4.69, 9.17) is 23.2 Å². The molecule has 0 N–H and O–H groups in total. The Morgan fingerprint density at radius 3 is 2.58 bits per heavy atom. The van der Waals surface area contributed by atoms with E-state index in [1.54, 1.807) is 6.07 Å². The predicted octanol–water partition coefficient (Wildman–Crippen LogP) is 3.72. The molecule has 0 fully saturated rings. The van der Waals surface area contributed by atoms with Crippen LogP contribution in [0.5, 0.6) is 0 Å². The van der Waals surface area contributed by atoms with Crippen molar-refractivity contribution in [2.24, 2.45) is 4.99 Å². The Kier molecular flexibility index (Phi) is 3.29. The molecular weight excluding hydrogens is 265 g/mol. The van der Waals surface area contributed by atoms with E-state index in [0.717, 1.165) is 0 Å². The Hall–Kier alpha value is -0.340. The standard InChI is InChI=1S/C7H2BrCl2NO/c8-5-1-4(9)2-6(10)7(5)11-3-12/h1-2H. The Morgan fingerprint density at radius 2 is 2.08 bits per heavy atom. The van der Waals surface area contributed by atoms with Gasteiger partial charge < -0.3 is 0 Å². The monoisotopic (exact) mass is 265 g/mol. The van der Waals surface area contributed by atoms with Crippen molar-refractivity contribution in [3.05, 3.63) is 26.7 Å². The van der Waals surface area contributed by atoms with Crippen LogP contribution >= 0.6 is 39.1 Å². The summed E-state index contributed by atoms with van der Waals surface area (Å²) in [5.74, 6) is 0. The Morgan fingerprint density at radius 1 is 1.42 bits per heavy atom. The van der Waals surface area contributed by atoms with Crippen LogP contribution in [0.4, 0.5) is 5.69 Å². The molecule has 0 aliphatic rings. The fourth-order valence-corrected chi connectivity index (χ4v) is 2.02. The second-order valence-corrected chi connectivity index (χ2v) is 3.62. The van der Waals surface area contributed by atoms with Crippen molar-refractivity contribution in [3.8, 4) is 0 Å². The summed E-state index contributed by atoms with van der Waals surface area (Å²) in [6.07, 6.45) is 1.40. The van der Waals surface area contributed by atoms with E-state index in [-0.39, 0.29) is 0 Å². The molecule has 62 valence electrons. The predicted molar refractivity (Wildman–Crippen MR) is 51.9 cm³/mol. The molecule has 0 radical (unpaired) electrons. The van der Waals surface area contributed by atoms with Crippen LogP contribution in [-0.2, 0) is 4.79 Å². The largest absolute Gasteiger partial charge is 0.240 e. The van der Waals surface area contributed by atoms with Gasteiger partial charge in [0, 0.05) is 9.50 Å². The molecule has 1 aromatic rings. The zero-order valence-electron chi connectivity index (χ0n) is 5.64. The van der Waals surface area contributed by atoms with Crippen molar-refractivity contribution in [1.29, 1.82) is 0 Å². The highest BCUT2D eigenvalue weighted by atomic mass is 79.9. The number of isocyanates is 1. The SMILES string of the molecule is O=C=Nc1c(Cl)cc(Cl)cc1Br. The van der Waals surface area contributed by atoms with Crippen LogP contribution in [0.3, 0.4) is 0 Å². The third kappa shape index (κ3) is 2.08. The lowest BCUT2D eigenvalue weighted by Crippen LogP contribution is -1.72. The minimum absolute atomic E-state index is 0.317. The van der Waals surface area contributed by atoms with E-state index in [1.165, 1.54) is 12.1 Å². The number of halogens is 3. The quantitative estimate of drug-likeness (QED) is 0.563. The van der Waals surface area contributed by atoms with Crippen LogP contribution in [-0.4, -0.2) is 6.08 Å². The van der Waals surface area contributed by atoms with Crippen LogP contribution in [0, 0.1) is 0 Å². The number of aliphatic imine (C=N–C) groups is 1. The lowest BCUT2D eigenvalue weighted by Gasteiger charge is -1.99. The molecule has 0 spiro atoms. The van der Waals surface area contributed by atoms with Gasteiger partial charge in [0.2, 0.25) is 6.08 Å². The maximum atomic E-state index is 9.96. The van der Waals surface area contributed by atoms with Gasteiger partial charge in [-0.1, -0.05) is 23.2 Å². The summed E-state index contributed by atoms with van der Waals surface area (Å²) in [5, 5.41) is 0.800. The molecule has 0 bridgehead atoms. The van der Waals surface area contributed by atoms with Crippen molar-refractivity contribution < 1.29 is 4.79 Å². The summed E-state index contributed by atoms with van der Waals surface area (Å²) in [7, 11) is 0. The van der Waals surface area contributed by atoms with E-state index < -0.39 is 0 Å². The van der Waals surface area contributed by atoms with Gasteiger partial charge in [-0.2, -0.15) is 4.99 Å². The summed E-state index contributed by atoms with van der Waals surface area (Å²) < 4.78 is 0.573. The topological polar surface area (TPSA) is 29.4 Å². The number of rotatable bonds is 1. The zero-order chi connectivity index (χ0) is 9.14. The molecule has 0 amide bonds. The van der Waals surface area contributed by atoms with E-state index in [2.05, 4.69) is 20.9 Å². The summed E-state index contributed by atoms with van der Waals surface area (Å²) in [6.45, 7) is 0. The highest BCUT2D eigenvalue weighted by molar-refractivity contribution is 9.10. The summed E-state index contributed by atoms with van der Waals surface area (Å²) in [5.41, 5.74) is 0.344. The lowest BCUT2D eigenvalue weighted by atomic mass is 10.3. The molecule has 0 aliphatic heterocycles. The minimum atomic E-state index is 0.317. The molecule has 0 saturated heterocycles. The first kappa shape index (κ1) is 9.75. The average molecular weight is 267 g/mol. The van der Waals surface area contributed by atoms with Gasteiger partial charge in [0.1, 0.15) is 5.69 Å². The number of hydrogen-bond donors (Lipinski definition) is 0. The molecule has 0 aromatic heterocycles. The van der Waals surface area contributed by atoms with Gasteiger partial charge in [-0.3, -0.25) is 0 Å². The van der Waals surface area contributed by atoms with E-state index in [0.29, 0.717) is 20.2 Å². The van der Waals surface area contributed by atoms with Crippen molar-refractivity contribution in [2.75, 3.05) is 0 Å². The van der Waals surface area contributed by atoms with Crippen molar-refractivity contribution in [3.63, 3.8) is 0 Å². The van der Waals surface area contributed by atoms with Gasteiger partial charge in [-0.05, 0) is 28.1 Å². The number of nitrogens with zero attached hydrogens (tertiary/aromatic N) is 1. The fraction of sp³-hybridized carbons (Fsp3) is 0. The smallest absolute Gasteiger partial charge is 0.211 e. The molecule has 0 saturated carbocycles. The molecule has 0 unspecified atom stereocenters. The van der Waals surface area contributed by atoms with Crippen LogP contribution in [0.1, 0.15) is 0 Å². The first-order valence-corrected chi connectivity index (χ1v) is 4.42. The maximum Gasteiger partial charge on any atom is 0.240 e. The van der Waals surface area contributed by atoms with Crippen LogP contribution < -0.4 is 0 Å². The first-order chi connectivity index (χ1) is 5.65. The van der Waals surface area contributed by atoms with E-state index in [1.807, 2.05) is 0 Å².